The number of ether oxygens (including phenoxy) is 1. The molecule has 204 valence electrons. The summed E-state index contributed by atoms with van der Waals surface area (Å²) >= 11 is 0. The predicted octanol–water partition coefficient (Wildman–Crippen LogP) is 4.76. The first-order valence-electron chi connectivity index (χ1n) is 13.7. The summed E-state index contributed by atoms with van der Waals surface area (Å²) in [5.41, 5.74) is 4.58. The third-order valence-electron chi connectivity index (χ3n) is 8.37. The number of halogens is 1. The second-order valence-electron chi connectivity index (χ2n) is 10.6. The number of benzene rings is 3. The van der Waals surface area contributed by atoms with Gasteiger partial charge in [0.05, 0.1) is 11.8 Å². The van der Waals surface area contributed by atoms with Gasteiger partial charge in [-0.25, -0.2) is 9.18 Å². The smallest absolute Gasteiger partial charge is 0.329 e. The molecule has 0 radical (unpaired) electrons. The van der Waals surface area contributed by atoms with Gasteiger partial charge in [-0.2, -0.15) is 0 Å². The lowest BCUT2D eigenvalue weighted by Gasteiger charge is -2.45. The van der Waals surface area contributed by atoms with Crippen molar-refractivity contribution in [3.63, 3.8) is 0 Å². The third-order valence-corrected chi connectivity index (χ3v) is 8.37. The molecule has 0 unspecified atom stereocenters. The number of hydrogen-bond acceptors (Lipinski definition) is 5. The highest BCUT2D eigenvalue weighted by Crippen LogP contribution is 2.61. The van der Waals surface area contributed by atoms with Crippen molar-refractivity contribution in [1.82, 2.24) is 4.90 Å². The Hall–Kier alpha value is -4.33. The summed E-state index contributed by atoms with van der Waals surface area (Å²) in [5.74, 6) is -4.28. The molecule has 7 rings (SSSR count). The highest BCUT2D eigenvalue weighted by atomic mass is 19.1. The van der Waals surface area contributed by atoms with Crippen LogP contribution in [-0.4, -0.2) is 41.2 Å². The number of nitrogens with zero attached hydrogens (tertiary/aromatic N) is 1. The molecule has 1 fully saturated rings. The Morgan fingerprint density at radius 3 is 1.82 bits per heavy atom. The lowest BCUT2D eigenvalue weighted by atomic mass is 9.55. The van der Waals surface area contributed by atoms with Gasteiger partial charge in [-0.05, 0) is 52.9 Å². The number of nitrogens with one attached hydrogen (secondary N) is 1. The number of hydrogen-bond donors (Lipinski definition) is 1. The van der Waals surface area contributed by atoms with Crippen LogP contribution in [0.5, 0.6) is 0 Å². The second kappa shape index (κ2) is 10.3. The third kappa shape index (κ3) is 4.18. The highest BCUT2D eigenvalue weighted by Gasteiger charge is 2.63. The summed E-state index contributed by atoms with van der Waals surface area (Å²) in [6.07, 6.45) is 1.60. The zero-order valence-electron chi connectivity index (χ0n) is 22.0. The topological polar surface area (TPSA) is 92.8 Å². The molecule has 3 amide bonds. The molecule has 3 aromatic rings. The normalized spacial score (nSPS) is 22.8. The molecule has 1 aliphatic heterocycles. The Balaban J connectivity index is 1.26. The Labute approximate surface area is 231 Å². The number of carbonyl (C=O) groups is 4. The van der Waals surface area contributed by atoms with Crippen LogP contribution in [0, 0.1) is 17.7 Å². The molecule has 1 saturated heterocycles. The zero-order chi connectivity index (χ0) is 28.0. The molecular weight excluding hydrogens is 511 g/mol. The summed E-state index contributed by atoms with van der Waals surface area (Å²) in [7, 11) is 0. The average molecular weight is 541 g/mol. The number of amides is 3. The lowest BCUT2D eigenvalue weighted by Crippen LogP contribution is -2.47. The molecule has 8 heteroatoms. The largest absolute Gasteiger partial charge is 0.454 e. The van der Waals surface area contributed by atoms with Crippen molar-refractivity contribution in [2.75, 3.05) is 11.9 Å². The van der Waals surface area contributed by atoms with Crippen LogP contribution in [0.15, 0.2) is 72.8 Å². The fourth-order valence-electron chi connectivity index (χ4n) is 6.72. The number of likely N-dealkylation sites (tertiary alicyclic amines) is 1. The van der Waals surface area contributed by atoms with Crippen molar-refractivity contribution >= 4 is 29.4 Å². The summed E-state index contributed by atoms with van der Waals surface area (Å²) < 4.78 is 18.5. The van der Waals surface area contributed by atoms with Gasteiger partial charge >= 0.3 is 5.97 Å². The number of carbonyl (C=O) groups excluding carboxylic acids is 4. The predicted molar refractivity (Wildman–Crippen MR) is 145 cm³/mol. The molecule has 40 heavy (non-hydrogen) atoms. The molecule has 1 N–H and O–H groups in total. The summed E-state index contributed by atoms with van der Waals surface area (Å²) in [5, 5.41) is 2.54. The monoisotopic (exact) mass is 540 g/mol. The van der Waals surface area contributed by atoms with E-state index in [1.807, 2.05) is 55.5 Å². The van der Waals surface area contributed by atoms with E-state index < -0.39 is 42.2 Å². The highest BCUT2D eigenvalue weighted by molar-refractivity contribution is 6.10. The minimum Gasteiger partial charge on any atom is -0.454 e. The van der Waals surface area contributed by atoms with Gasteiger partial charge in [0.1, 0.15) is 11.9 Å². The SMILES string of the molecule is CCCC[C@H](C(=O)OCC(=O)Nc1ccc(F)cc1)N1C(=O)[C@@H]2C3c4ccccc4C(c4ccccc43)[C@@H]2C1=O. The number of esters is 1. The van der Waals surface area contributed by atoms with Gasteiger partial charge in [-0.15, -0.1) is 0 Å². The molecule has 2 bridgehead atoms. The minimum atomic E-state index is -1.12. The molecular formula is C32H29FN2O5. The molecule has 3 aliphatic carbocycles. The van der Waals surface area contributed by atoms with Crippen LogP contribution in [0.25, 0.3) is 0 Å². The molecule has 0 spiro atoms. The number of unbranched alkanes of at least 4 members (excludes halogenated alkanes) is 1. The van der Waals surface area contributed by atoms with Crippen LogP contribution in [0.4, 0.5) is 10.1 Å². The van der Waals surface area contributed by atoms with E-state index >= 15 is 0 Å². The van der Waals surface area contributed by atoms with Crippen LogP contribution in [0.1, 0.15) is 60.3 Å². The van der Waals surface area contributed by atoms with Gasteiger partial charge in [-0.3, -0.25) is 19.3 Å². The number of rotatable bonds is 8. The van der Waals surface area contributed by atoms with Gasteiger partial charge < -0.3 is 10.1 Å². The van der Waals surface area contributed by atoms with Gasteiger partial charge in [0, 0.05) is 17.5 Å². The molecule has 7 nitrogen and oxygen atoms in total. The quantitative estimate of drug-likeness (QED) is 0.329. The standard InChI is InChI=1S/C32H29FN2O5/c1-2-3-12-24(32(39)40-17-25(36)34-19-15-13-18(33)14-16-19)35-30(37)28-26-20-8-4-5-9-21(20)27(29(28)31(35)38)23-11-7-6-10-22(23)26/h4-11,13-16,24,26-29H,2-3,12,17H2,1H3,(H,34,36)/t24-,26?,27?,28-,29+/m1/s1. The maximum atomic E-state index is 14.1. The van der Waals surface area contributed by atoms with Crippen LogP contribution in [0.2, 0.25) is 0 Å². The van der Waals surface area contributed by atoms with Crippen molar-refractivity contribution < 1.29 is 28.3 Å². The van der Waals surface area contributed by atoms with Crippen LogP contribution in [0.3, 0.4) is 0 Å². The fourth-order valence-corrected chi connectivity index (χ4v) is 6.72. The van der Waals surface area contributed by atoms with Gasteiger partial charge in [0.25, 0.3) is 5.91 Å². The Bertz CT molecular complexity index is 1390. The molecule has 0 saturated carbocycles. The first-order chi connectivity index (χ1) is 19.4. The lowest BCUT2D eigenvalue weighted by molar-refractivity contribution is -0.160. The van der Waals surface area contributed by atoms with Crippen molar-refractivity contribution in [3.05, 3.63) is 101 Å². The van der Waals surface area contributed by atoms with E-state index in [2.05, 4.69) is 5.32 Å². The van der Waals surface area contributed by atoms with Gasteiger partial charge in [0.15, 0.2) is 6.61 Å². The molecule has 4 aliphatic rings. The van der Waals surface area contributed by atoms with E-state index in [1.165, 1.54) is 24.3 Å². The molecule has 0 aromatic heterocycles. The maximum Gasteiger partial charge on any atom is 0.329 e. The summed E-state index contributed by atoms with van der Waals surface area (Å²) in [6.45, 7) is 1.36. The zero-order valence-corrected chi connectivity index (χ0v) is 22.0. The van der Waals surface area contributed by atoms with Gasteiger partial charge in [-0.1, -0.05) is 68.3 Å². The van der Waals surface area contributed by atoms with E-state index in [0.29, 0.717) is 12.1 Å². The Morgan fingerprint density at radius 2 is 1.35 bits per heavy atom. The van der Waals surface area contributed by atoms with Crippen molar-refractivity contribution in [2.45, 2.75) is 44.1 Å². The van der Waals surface area contributed by atoms with E-state index in [0.717, 1.165) is 33.6 Å². The van der Waals surface area contributed by atoms with Gasteiger partial charge in [0.2, 0.25) is 11.8 Å². The average Bonchev–Trinajstić information content (AvgIpc) is 3.23. The minimum absolute atomic E-state index is 0.251. The van der Waals surface area contributed by atoms with Crippen molar-refractivity contribution in [3.8, 4) is 0 Å². The first-order valence-corrected chi connectivity index (χ1v) is 13.7. The van der Waals surface area contributed by atoms with Crippen LogP contribution >= 0.6 is 0 Å². The van der Waals surface area contributed by atoms with Crippen molar-refractivity contribution in [2.24, 2.45) is 11.8 Å². The Kier molecular flexibility index (Phi) is 6.70. The van der Waals surface area contributed by atoms with Crippen molar-refractivity contribution in [1.29, 1.82) is 0 Å². The maximum absolute atomic E-state index is 14.1. The number of anilines is 1. The summed E-state index contributed by atoms with van der Waals surface area (Å²) in [4.78, 5) is 55.0. The second-order valence-corrected chi connectivity index (χ2v) is 10.6. The number of imide groups is 1. The molecule has 3 atom stereocenters. The van der Waals surface area contributed by atoms with E-state index in [9.17, 15) is 23.6 Å². The molecule has 3 aromatic carbocycles. The van der Waals surface area contributed by atoms with E-state index in [4.69, 9.17) is 4.74 Å². The fraction of sp³-hybridized carbons (Fsp3) is 0.312. The summed E-state index contributed by atoms with van der Waals surface area (Å²) in [6, 6.07) is 20.0. The first kappa shape index (κ1) is 25.9. The van der Waals surface area contributed by atoms with Crippen LogP contribution < -0.4 is 5.32 Å². The molecule has 1 heterocycles. The van der Waals surface area contributed by atoms with Crippen LogP contribution in [-0.2, 0) is 23.9 Å². The van der Waals surface area contributed by atoms with E-state index in [-0.39, 0.29) is 30.1 Å². The Morgan fingerprint density at radius 1 is 0.850 bits per heavy atom. The van der Waals surface area contributed by atoms with E-state index in [1.54, 1.807) is 0 Å².